The van der Waals surface area contributed by atoms with Crippen molar-refractivity contribution in [2.24, 2.45) is 0 Å². The molecular formula is C12H12N4. The van der Waals surface area contributed by atoms with E-state index >= 15 is 0 Å². The topological polar surface area (TPSA) is 54.5 Å². The summed E-state index contributed by atoms with van der Waals surface area (Å²) in [7, 11) is 0. The lowest BCUT2D eigenvalue weighted by Crippen LogP contribution is -2.01. The van der Waals surface area contributed by atoms with E-state index in [1.807, 2.05) is 24.4 Å². The molecule has 0 unspecified atom stereocenters. The summed E-state index contributed by atoms with van der Waals surface area (Å²) in [6.07, 6.45) is 5.38. The summed E-state index contributed by atoms with van der Waals surface area (Å²) in [6, 6.07) is 7.97. The van der Waals surface area contributed by atoms with Gasteiger partial charge in [-0.2, -0.15) is 10.4 Å². The SMILES string of the molecule is C[C@@H](c1ccncc1)c1ccn(CC#N)n1. The smallest absolute Gasteiger partial charge is 0.128 e. The highest BCUT2D eigenvalue weighted by Gasteiger charge is 2.10. The van der Waals surface area contributed by atoms with Crippen molar-refractivity contribution in [3.63, 3.8) is 0 Å². The van der Waals surface area contributed by atoms with Crippen LogP contribution < -0.4 is 0 Å². The fourth-order valence-electron chi connectivity index (χ4n) is 1.59. The molecule has 0 aliphatic rings. The second kappa shape index (κ2) is 4.58. The Morgan fingerprint density at radius 3 is 2.81 bits per heavy atom. The first-order chi connectivity index (χ1) is 7.81. The zero-order valence-electron chi connectivity index (χ0n) is 9.04. The molecule has 4 nitrogen and oxygen atoms in total. The lowest BCUT2D eigenvalue weighted by molar-refractivity contribution is 0.681. The number of hydrogen-bond acceptors (Lipinski definition) is 3. The Morgan fingerprint density at radius 2 is 2.12 bits per heavy atom. The van der Waals surface area contributed by atoms with Gasteiger partial charge in [-0.25, -0.2) is 0 Å². The van der Waals surface area contributed by atoms with Gasteiger partial charge in [0, 0.05) is 24.5 Å². The molecule has 1 atom stereocenters. The van der Waals surface area contributed by atoms with Gasteiger partial charge in [0.05, 0.1) is 11.8 Å². The van der Waals surface area contributed by atoms with Crippen LogP contribution in [0.5, 0.6) is 0 Å². The fourth-order valence-corrected chi connectivity index (χ4v) is 1.59. The standard InChI is InChI=1S/C12H12N4/c1-10(11-2-6-14-7-3-11)12-4-8-16(15-12)9-5-13/h2-4,6-8,10H,9H2,1H3/t10-/m0/s1. The Morgan fingerprint density at radius 1 is 1.38 bits per heavy atom. The summed E-state index contributed by atoms with van der Waals surface area (Å²) in [6.45, 7) is 2.39. The van der Waals surface area contributed by atoms with Crippen LogP contribution in [0.2, 0.25) is 0 Å². The summed E-state index contributed by atoms with van der Waals surface area (Å²) in [5.74, 6) is 0.225. The van der Waals surface area contributed by atoms with Crippen molar-refractivity contribution >= 4 is 0 Å². The van der Waals surface area contributed by atoms with E-state index in [0.29, 0.717) is 6.54 Å². The Labute approximate surface area is 94.2 Å². The highest BCUT2D eigenvalue weighted by Crippen LogP contribution is 2.21. The largest absolute Gasteiger partial charge is 0.265 e. The predicted octanol–water partition coefficient (Wildman–Crippen LogP) is 1.95. The molecule has 0 fully saturated rings. The van der Waals surface area contributed by atoms with E-state index in [9.17, 15) is 0 Å². The molecule has 0 aliphatic carbocycles. The van der Waals surface area contributed by atoms with E-state index in [-0.39, 0.29) is 5.92 Å². The average molecular weight is 212 g/mol. The van der Waals surface area contributed by atoms with Gasteiger partial charge in [-0.3, -0.25) is 9.67 Å². The van der Waals surface area contributed by atoms with Gasteiger partial charge in [0.1, 0.15) is 6.54 Å². The molecule has 0 spiro atoms. The monoisotopic (exact) mass is 212 g/mol. The van der Waals surface area contributed by atoms with Crippen molar-refractivity contribution in [3.05, 3.63) is 48.0 Å². The third kappa shape index (κ3) is 2.09. The van der Waals surface area contributed by atoms with E-state index in [1.165, 1.54) is 5.56 Å². The predicted molar refractivity (Wildman–Crippen MR) is 59.6 cm³/mol. The van der Waals surface area contributed by atoms with Gasteiger partial charge in [0.2, 0.25) is 0 Å². The minimum atomic E-state index is 0.225. The molecular weight excluding hydrogens is 200 g/mol. The molecule has 0 amide bonds. The second-order valence-corrected chi connectivity index (χ2v) is 3.60. The first-order valence-electron chi connectivity index (χ1n) is 5.11. The molecule has 0 saturated carbocycles. The van der Waals surface area contributed by atoms with E-state index in [4.69, 9.17) is 5.26 Å². The average Bonchev–Trinajstić information content (AvgIpc) is 2.78. The molecule has 2 aromatic heterocycles. The van der Waals surface area contributed by atoms with Crippen LogP contribution in [0.25, 0.3) is 0 Å². The molecule has 16 heavy (non-hydrogen) atoms. The molecule has 80 valence electrons. The molecule has 0 radical (unpaired) electrons. The molecule has 2 rings (SSSR count). The molecule has 0 aromatic carbocycles. The summed E-state index contributed by atoms with van der Waals surface area (Å²) >= 11 is 0. The van der Waals surface area contributed by atoms with Crippen molar-refractivity contribution < 1.29 is 0 Å². The van der Waals surface area contributed by atoms with Gasteiger partial charge >= 0.3 is 0 Å². The first-order valence-corrected chi connectivity index (χ1v) is 5.11. The van der Waals surface area contributed by atoms with Crippen LogP contribution >= 0.6 is 0 Å². The lowest BCUT2D eigenvalue weighted by atomic mass is 9.99. The Hall–Kier alpha value is -2.15. The second-order valence-electron chi connectivity index (χ2n) is 3.60. The molecule has 0 bridgehead atoms. The van der Waals surface area contributed by atoms with Crippen LogP contribution in [-0.4, -0.2) is 14.8 Å². The third-order valence-corrected chi connectivity index (χ3v) is 2.54. The number of hydrogen-bond donors (Lipinski definition) is 0. The van der Waals surface area contributed by atoms with Crippen LogP contribution in [0.15, 0.2) is 36.8 Å². The first kappa shape index (κ1) is 10.4. The maximum Gasteiger partial charge on any atom is 0.128 e. The van der Waals surface area contributed by atoms with Crippen LogP contribution in [0.3, 0.4) is 0 Å². The Bertz CT molecular complexity index is 495. The number of nitriles is 1. The maximum absolute atomic E-state index is 8.57. The van der Waals surface area contributed by atoms with Crippen LogP contribution in [0.4, 0.5) is 0 Å². The van der Waals surface area contributed by atoms with Crippen LogP contribution in [-0.2, 0) is 6.54 Å². The minimum absolute atomic E-state index is 0.225. The van der Waals surface area contributed by atoms with Crippen molar-refractivity contribution in [1.29, 1.82) is 5.26 Å². The van der Waals surface area contributed by atoms with Crippen LogP contribution in [0.1, 0.15) is 24.1 Å². The third-order valence-electron chi connectivity index (χ3n) is 2.54. The van der Waals surface area contributed by atoms with Gasteiger partial charge in [0.15, 0.2) is 0 Å². The quantitative estimate of drug-likeness (QED) is 0.781. The van der Waals surface area contributed by atoms with E-state index in [0.717, 1.165) is 5.69 Å². The Balaban J connectivity index is 2.21. The Kier molecular flexibility index (Phi) is 2.97. The normalized spacial score (nSPS) is 12.0. The lowest BCUT2D eigenvalue weighted by Gasteiger charge is -2.07. The van der Waals surface area contributed by atoms with E-state index < -0.39 is 0 Å². The van der Waals surface area contributed by atoms with Crippen molar-refractivity contribution in [2.45, 2.75) is 19.4 Å². The minimum Gasteiger partial charge on any atom is -0.265 e. The summed E-state index contributed by atoms with van der Waals surface area (Å²) in [5.41, 5.74) is 2.15. The highest BCUT2D eigenvalue weighted by atomic mass is 15.3. The molecule has 0 aliphatic heterocycles. The fraction of sp³-hybridized carbons (Fsp3) is 0.250. The number of nitrogens with zero attached hydrogens (tertiary/aromatic N) is 4. The molecule has 2 heterocycles. The van der Waals surface area contributed by atoms with Crippen molar-refractivity contribution in [2.75, 3.05) is 0 Å². The molecule has 2 aromatic rings. The van der Waals surface area contributed by atoms with Crippen LogP contribution in [0, 0.1) is 11.3 Å². The number of pyridine rings is 1. The van der Waals surface area contributed by atoms with Gasteiger partial charge in [-0.15, -0.1) is 0 Å². The van der Waals surface area contributed by atoms with E-state index in [1.54, 1.807) is 17.1 Å². The van der Waals surface area contributed by atoms with Gasteiger partial charge in [-0.1, -0.05) is 6.92 Å². The highest BCUT2D eigenvalue weighted by molar-refractivity contribution is 5.24. The summed E-state index contributed by atoms with van der Waals surface area (Å²) < 4.78 is 1.65. The van der Waals surface area contributed by atoms with Gasteiger partial charge < -0.3 is 0 Å². The van der Waals surface area contributed by atoms with Crippen molar-refractivity contribution in [3.8, 4) is 6.07 Å². The van der Waals surface area contributed by atoms with Gasteiger partial charge in [-0.05, 0) is 23.8 Å². The summed E-state index contributed by atoms with van der Waals surface area (Å²) in [4.78, 5) is 3.99. The maximum atomic E-state index is 8.57. The molecule has 4 heteroatoms. The van der Waals surface area contributed by atoms with E-state index in [2.05, 4.69) is 23.1 Å². The number of aromatic nitrogens is 3. The van der Waals surface area contributed by atoms with Crippen molar-refractivity contribution in [1.82, 2.24) is 14.8 Å². The zero-order chi connectivity index (χ0) is 11.4. The zero-order valence-corrected chi connectivity index (χ0v) is 9.04. The molecule has 0 N–H and O–H groups in total. The molecule has 0 saturated heterocycles. The van der Waals surface area contributed by atoms with Gasteiger partial charge in [0.25, 0.3) is 0 Å². The number of rotatable bonds is 3. The summed E-state index contributed by atoms with van der Waals surface area (Å²) in [5, 5.41) is 12.9.